The van der Waals surface area contributed by atoms with Crippen LogP contribution in [0.5, 0.6) is 0 Å². The van der Waals surface area contributed by atoms with Gasteiger partial charge in [0.15, 0.2) is 11.4 Å². The van der Waals surface area contributed by atoms with Crippen molar-refractivity contribution in [3.05, 3.63) is 65.5 Å². The number of halogens is 1. The van der Waals surface area contributed by atoms with Crippen LogP contribution in [0.3, 0.4) is 0 Å². The van der Waals surface area contributed by atoms with E-state index in [0.29, 0.717) is 11.3 Å². The Morgan fingerprint density at radius 2 is 1.90 bits per heavy atom. The normalized spacial score (nSPS) is 20.0. The smallest absolute Gasteiger partial charge is 0.261 e. The lowest BCUT2D eigenvalue weighted by Crippen LogP contribution is -2.36. The Labute approximate surface area is 120 Å². The Kier molecular flexibility index (Phi) is 3.07. The van der Waals surface area contributed by atoms with E-state index in [1.807, 2.05) is 0 Å². The molecule has 0 aliphatic carbocycles. The summed E-state index contributed by atoms with van der Waals surface area (Å²) in [6.45, 7) is 0. The van der Waals surface area contributed by atoms with E-state index >= 15 is 0 Å². The first-order valence-corrected chi connectivity index (χ1v) is 6.43. The summed E-state index contributed by atoms with van der Waals surface area (Å²) in [4.78, 5) is 24.2. The van der Waals surface area contributed by atoms with Gasteiger partial charge in [0.1, 0.15) is 5.82 Å². The number of fused-ring (bicyclic) bond motifs is 1. The summed E-state index contributed by atoms with van der Waals surface area (Å²) in [5.41, 5.74) is -1.23. The van der Waals surface area contributed by atoms with Gasteiger partial charge in [-0.1, -0.05) is 30.3 Å². The third-order valence-electron chi connectivity index (χ3n) is 3.56. The van der Waals surface area contributed by atoms with Gasteiger partial charge >= 0.3 is 0 Å². The van der Waals surface area contributed by atoms with E-state index in [1.165, 1.54) is 12.1 Å². The number of aliphatic hydroxyl groups is 1. The van der Waals surface area contributed by atoms with E-state index in [9.17, 15) is 19.1 Å². The molecule has 0 aromatic heterocycles. The van der Waals surface area contributed by atoms with Crippen molar-refractivity contribution in [2.75, 3.05) is 5.32 Å². The summed E-state index contributed by atoms with van der Waals surface area (Å²) in [6.07, 6.45) is -0.431. The van der Waals surface area contributed by atoms with Gasteiger partial charge in [0.2, 0.25) is 0 Å². The molecule has 0 radical (unpaired) electrons. The van der Waals surface area contributed by atoms with Crippen LogP contribution in [0.25, 0.3) is 0 Å². The summed E-state index contributed by atoms with van der Waals surface area (Å²) < 4.78 is 13.4. The quantitative estimate of drug-likeness (QED) is 0.850. The van der Waals surface area contributed by atoms with Crippen molar-refractivity contribution >= 4 is 17.4 Å². The van der Waals surface area contributed by atoms with E-state index in [1.54, 1.807) is 30.3 Å². The van der Waals surface area contributed by atoms with Gasteiger partial charge in [0, 0.05) is 16.8 Å². The number of benzene rings is 2. The maximum atomic E-state index is 13.4. The second kappa shape index (κ2) is 4.79. The van der Waals surface area contributed by atoms with Crippen molar-refractivity contribution in [1.82, 2.24) is 0 Å². The van der Waals surface area contributed by atoms with Crippen molar-refractivity contribution in [3.63, 3.8) is 0 Å². The van der Waals surface area contributed by atoms with E-state index in [-0.39, 0.29) is 11.3 Å². The first-order chi connectivity index (χ1) is 10.0. The molecule has 0 saturated carbocycles. The summed E-state index contributed by atoms with van der Waals surface area (Å²) in [7, 11) is 0. The van der Waals surface area contributed by atoms with E-state index in [2.05, 4.69) is 5.32 Å². The van der Waals surface area contributed by atoms with Crippen LogP contribution in [0.15, 0.2) is 48.5 Å². The van der Waals surface area contributed by atoms with E-state index in [4.69, 9.17) is 0 Å². The molecule has 1 aliphatic rings. The topological polar surface area (TPSA) is 66.4 Å². The molecule has 2 aromatic carbocycles. The first-order valence-electron chi connectivity index (χ1n) is 6.43. The molecule has 21 heavy (non-hydrogen) atoms. The number of hydrogen-bond acceptors (Lipinski definition) is 3. The fraction of sp³-hybridized carbons (Fsp3) is 0.125. The molecule has 1 atom stereocenters. The molecule has 2 aromatic rings. The zero-order chi connectivity index (χ0) is 15.0. The van der Waals surface area contributed by atoms with Gasteiger partial charge in [0.25, 0.3) is 5.91 Å². The third-order valence-corrected chi connectivity index (χ3v) is 3.56. The molecule has 2 N–H and O–H groups in total. The molecule has 5 heteroatoms. The number of carbonyl (C=O) groups is 2. The average molecular weight is 285 g/mol. The summed E-state index contributed by atoms with van der Waals surface area (Å²) >= 11 is 0. The molecule has 1 heterocycles. The number of Topliss-reactive ketones (excluding diaryl/α,β-unsaturated/α-hetero) is 1. The standard InChI is InChI=1S/C16H12FNO3/c17-11-6-7-13-12(8-11)16(21,15(20)18-13)9-14(19)10-4-2-1-3-5-10/h1-8,21H,9H2,(H,18,20)/t16-/m1/s1. The second-order valence-electron chi connectivity index (χ2n) is 4.97. The number of anilines is 1. The van der Waals surface area contributed by atoms with Crippen LogP contribution in [0.2, 0.25) is 0 Å². The first kappa shape index (κ1) is 13.5. The van der Waals surface area contributed by atoms with Gasteiger partial charge in [-0.2, -0.15) is 0 Å². The minimum atomic E-state index is -2.04. The number of nitrogens with one attached hydrogen (secondary N) is 1. The molecule has 1 amide bonds. The van der Waals surface area contributed by atoms with Gasteiger partial charge < -0.3 is 10.4 Å². The van der Waals surface area contributed by atoms with Crippen molar-refractivity contribution in [3.8, 4) is 0 Å². The van der Waals surface area contributed by atoms with Crippen molar-refractivity contribution in [1.29, 1.82) is 0 Å². The predicted molar refractivity (Wildman–Crippen MR) is 74.3 cm³/mol. The van der Waals surface area contributed by atoms with Crippen LogP contribution < -0.4 is 5.32 Å². The lowest BCUT2D eigenvalue weighted by atomic mass is 9.88. The predicted octanol–water partition coefficient (Wildman–Crippen LogP) is 2.24. The Balaban J connectivity index is 1.97. The van der Waals surface area contributed by atoms with Crippen molar-refractivity contribution in [2.24, 2.45) is 0 Å². The number of amides is 1. The Hall–Kier alpha value is -2.53. The summed E-state index contributed by atoms with van der Waals surface area (Å²) in [5, 5.41) is 13.0. The summed E-state index contributed by atoms with van der Waals surface area (Å²) in [6, 6.07) is 12.0. The van der Waals surface area contributed by atoms with E-state index < -0.39 is 23.7 Å². The van der Waals surface area contributed by atoms with Gasteiger partial charge in [0.05, 0.1) is 6.42 Å². The highest BCUT2D eigenvalue weighted by Crippen LogP contribution is 2.39. The fourth-order valence-electron chi connectivity index (χ4n) is 2.45. The molecule has 106 valence electrons. The van der Waals surface area contributed by atoms with Crippen molar-refractivity contribution in [2.45, 2.75) is 12.0 Å². The lowest BCUT2D eigenvalue weighted by Gasteiger charge is -2.20. The molecule has 0 saturated heterocycles. The summed E-state index contributed by atoms with van der Waals surface area (Å²) in [5.74, 6) is -1.67. The van der Waals surface area contributed by atoms with Crippen LogP contribution in [-0.2, 0) is 10.4 Å². The van der Waals surface area contributed by atoms with Gasteiger partial charge in [-0.15, -0.1) is 0 Å². The van der Waals surface area contributed by atoms with Gasteiger partial charge in [-0.05, 0) is 18.2 Å². The number of hydrogen-bond donors (Lipinski definition) is 2. The Bertz CT molecular complexity index is 730. The minimum Gasteiger partial charge on any atom is -0.375 e. The fourth-order valence-corrected chi connectivity index (χ4v) is 2.45. The molecule has 0 spiro atoms. The highest BCUT2D eigenvalue weighted by Gasteiger charge is 2.47. The SMILES string of the molecule is O=C(C[C@]1(O)C(=O)Nc2ccc(F)cc21)c1ccccc1. The Morgan fingerprint density at radius 1 is 1.19 bits per heavy atom. The Morgan fingerprint density at radius 3 is 2.62 bits per heavy atom. The largest absolute Gasteiger partial charge is 0.375 e. The minimum absolute atomic E-state index is 0.0942. The van der Waals surface area contributed by atoms with Crippen LogP contribution in [-0.4, -0.2) is 16.8 Å². The van der Waals surface area contributed by atoms with Crippen LogP contribution in [0, 0.1) is 5.82 Å². The van der Waals surface area contributed by atoms with Crippen LogP contribution in [0.1, 0.15) is 22.3 Å². The highest BCUT2D eigenvalue weighted by atomic mass is 19.1. The number of ketones is 1. The van der Waals surface area contributed by atoms with Crippen LogP contribution in [0.4, 0.5) is 10.1 Å². The second-order valence-corrected chi connectivity index (χ2v) is 4.97. The molecule has 1 aliphatic heterocycles. The molecule has 3 rings (SSSR count). The monoisotopic (exact) mass is 285 g/mol. The maximum Gasteiger partial charge on any atom is 0.261 e. The highest BCUT2D eigenvalue weighted by molar-refractivity contribution is 6.09. The molecular weight excluding hydrogens is 273 g/mol. The van der Waals surface area contributed by atoms with Gasteiger partial charge in [-0.3, -0.25) is 9.59 Å². The molecule has 0 fully saturated rings. The average Bonchev–Trinajstić information content (AvgIpc) is 2.72. The van der Waals surface area contributed by atoms with Gasteiger partial charge in [-0.25, -0.2) is 4.39 Å². The zero-order valence-corrected chi connectivity index (χ0v) is 11.0. The molecule has 0 unspecified atom stereocenters. The molecule has 0 bridgehead atoms. The van der Waals surface area contributed by atoms with Crippen molar-refractivity contribution < 1.29 is 19.1 Å². The molecular formula is C16H12FNO3. The maximum absolute atomic E-state index is 13.4. The van der Waals surface area contributed by atoms with Crippen LogP contribution >= 0.6 is 0 Å². The third kappa shape index (κ3) is 2.21. The lowest BCUT2D eigenvalue weighted by molar-refractivity contribution is -0.133. The van der Waals surface area contributed by atoms with E-state index in [0.717, 1.165) is 6.07 Å². The number of rotatable bonds is 3. The molecule has 4 nitrogen and oxygen atoms in total. The zero-order valence-electron chi connectivity index (χ0n) is 11.0. The number of carbonyl (C=O) groups excluding carboxylic acids is 2.